The number of carbonyl (C=O) groups is 2. The van der Waals surface area contributed by atoms with Crippen LogP contribution in [0.15, 0.2) is 83.8 Å². The molecule has 1 atom stereocenters. The van der Waals surface area contributed by atoms with Crippen LogP contribution in [0.1, 0.15) is 23.1 Å². The van der Waals surface area contributed by atoms with E-state index < -0.39 is 27.9 Å². The Kier molecular flexibility index (Phi) is 7.97. The second-order valence-corrected chi connectivity index (χ2v) is 9.48. The smallest absolute Gasteiger partial charge is 0.307 e. The normalized spacial score (nSPS) is 12.2. The van der Waals surface area contributed by atoms with Crippen molar-refractivity contribution in [1.29, 1.82) is 0 Å². The van der Waals surface area contributed by atoms with Gasteiger partial charge in [0, 0.05) is 5.69 Å². The molecule has 1 amide bonds. The number of hydrogen-bond donors (Lipinski definition) is 3. The minimum absolute atomic E-state index is 0.0867. The van der Waals surface area contributed by atoms with Gasteiger partial charge in [-0.15, -0.1) is 0 Å². The third-order valence-electron chi connectivity index (χ3n) is 5.09. The van der Waals surface area contributed by atoms with Gasteiger partial charge >= 0.3 is 5.97 Å². The van der Waals surface area contributed by atoms with E-state index in [4.69, 9.17) is 5.11 Å². The number of hydrogen-bond acceptors (Lipinski definition) is 4. The first-order valence-corrected chi connectivity index (χ1v) is 12.0. The zero-order chi connectivity index (χ0) is 23.8. The van der Waals surface area contributed by atoms with Gasteiger partial charge in [0.2, 0.25) is 15.9 Å². The minimum atomic E-state index is -3.91. The molecule has 33 heavy (non-hydrogen) atoms. The average Bonchev–Trinajstić information content (AvgIpc) is 2.78. The second kappa shape index (κ2) is 10.9. The van der Waals surface area contributed by atoms with E-state index in [1.807, 2.05) is 37.3 Å². The standard InChI is InChI=1S/C25H26N2O5S/c1-18-7-14-22(15-8-18)33(31,32)27-23(16-11-19-5-3-2-4-6-19)25(30)26-21-12-9-20(10-13-21)17-24(28)29/h2-10,12-15,23,27H,11,16-17H2,1H3,(H,26,30)(H,28,29). The van der Waals surface area contributed by atoms with Gasteiger partial charge in [0.25, 0.3) is 0 Å². The van der Waals surface area contributed by atoms with Gasteiger partial charge in [0.15, 0.2) is 0 Å². The van der Waals surface area contributed by atoms with E-state index in [1.165, 1.54) is 12.1 Å². The third kappa shape index (κ3) is 7.27. The number of aryl methyl sites for hydroxylation is 2. The number of sulfonamides is 1. The molecule has 0 saturated carbocycles. The van der Waals surface area contributed by atoms with Crippen molar-refractivity contribution in [1.82, 2.24) is 4.72 Å². The molecule has 0 aromatic heterocycles. The van der Waals surface area contributed by atoms with Crippen LogP contribution in [0.3, 0.4) is 0 Å². The van der Waals surface area contributed by atoms with Crippen molar-refractivity contribution in [3.8, 4) is 0 Å². The topological polar surface area (TPSA) is 113 Å². The molecule has 172 valence electrons. The number of amides is 1. The van der Waals surface area contributed by atoms with Crippen LogP contribution in [0.2, 0.25) is 0 Å². The van der Waals surface area contributed by atoms with Crippen molar-refractivity contribution in [3.63, 3.8) is 0 Å². The Hall–Kier alpha value is -3.49. The summed E-state index contributed by atoms with van der Waals surface area (Å²) < 4.78 is 28.4. The molecule has 0 bridgehead atoms. The molecule has 0 spiro atoms. The molecule has 3 aromatic carbocycles. The molecule has 0 saturated heterocycles. The quantitative estimate of drug-likeness (QED) is 0.423. The number of aliphatic carboxylic acids is 1. The predicted octanol–water partition coefficient (Wildman–Crippen LogP) is 3.54. The van der Waals surface area contributed by atoms with Gasteiger partial charge in [-0.25, -0.2) is 8.42 Å². The van der Waals surface area contributed by atoms with Gasteiger partial charge in [0.1, 0.15) is 6.04 Å². The Morgan fingerprint density at radius 3 is 2.12 bits per heavy atom. The summed E-state index contributed by atoms with van der Waals surface area (Å²) >= 11 is 0. The van der Waals surface area contributed by atoms with Crippen molar-refractivity contribution < 1.29 is 23.1 Å². The average molecular weight is 467 g/mol. The molecule has 7 nitrogen and oxygen atoms in total. The molecule has 3 N–H and O–H groups in total. The number of benzene rings is 3. The van der Waals surface area contributed by atoms with Crippen molar-refractivity contribution in [2.45, 2.75) is 37.1 Å². The molecule has 0 fully saturated rings. The highest BCUT2D eigenvalue weighted by Crippen LogP contribution is 2.15. The SMILES string of the molecule is Cc1ccc(S(=O)(=O)NC(CCc2ccccc2)C(=O)Nc2ccc(CC(=O)O)cc2)cc1. The number of carboxylic acids is 1. The van der Waals surface area contributed by atoms with E-state index in [1.54, 1.807) is 36.4 Å². The zero-order valence-electron chi connectivity index (χ0n) is 18.2. The van der Waals surface area contributed by atoms with Crippen LogP contribution in [-0.2, 0) is 32.5 Å². The van der Waals surface area contributed by atoms with E-state index in [9.17, 15) is 18.0 Å². The summed E-state index contributed by atoms with van der Waals surface area (Å²) in [6.07, 6.45) is 0.648. The maximum absolute atomic E-state index is 13.0. The zero-order valence-corrected chi connectivity index (χ0v) is 19.0. The first-order valence-electron chi connectivity index (χ1n) is 10.5. The largest absolute Gasteiger partial charge is 0.481 e. The monoisotopic (exact) mass is 466 g/mol. The molecule has 0 heterocycles. The Bertz CT molecular complexity index is 1190. The first kappa shape index (κ1) is 24.2. The summed E-state index contributed by atoms with van der Waals surface area (Å²) in [6.45, 7) is 1.86. The number of carbonyl (C=O) groups excluding carboxylic acids is 1. The lowest BCUT2D eigenvalue weighted by atomic mass is 10.1. The molecule has 3 rings (SSSR count). The fourth-order valence-electron chi connectivity index (χ4n) is 3.28. The van der Waals surface area contributed by atoms with Crippen LogP contribution >= 0.6 is 0 Å². The maximum Gasteiger partial charge on any atom is 0.307 e. The summed E-state index contributed by atoms with van der Waals surface area (Å²) in [6, 6.07) is 21.3. The molecule has 0 aliphatic rings. The van der Waals surface area contributed by atoms with Gasteiger partial charge in [-0.1, -0.05) is 60.2 Å². The van der Waals surface area contributed by atoms with Crippen LogP contribution in [0, 0.1) is 6.92 Å². The Morgan fingerprint density at radius 2 is 1.52 bits per heavy atom. The number of anilines is 1. The second-order valence-electron chi connectivity index (χ2n) is 7.77. The van der Waals surface area contributed by atoms with E-state index >= 15 is 0 Å². The van der Waals surface area contributed by atoms with Gasteiger partial charge < -0.3 is 10.4 Å². The predicted molar refractivity (Wildman–Crippen MR) is 126 cm³/mol. The molecule has 0 radical (unpaired) electrons. The van der Waals surface area contributed by atoms with Crippen LogP contribution in [0.4, 0.5) is 5.69 Å². The summed E-state index contributed by atoms with van der Waals surface area (Å²) in [5, 5.41) is 11.6. The lowest BCUT2D eigenvalue weighted by molar-refractivity contribution is -0.136. The van der Waals surface area contributed by atoms with Crippen molar-refractivity contribution in [2.24, 2.45) is 0 Å². The van der Waals surface area contributed by atoms with Crippen molar-refractivity contribution in [2.75, 3.05) is 5.32 Å². The number of nitrogens with one attached hydrogen (secondary N) is 2. The molecule has 0 aliphatic carbocycles. The molecular weight excluding hydrogens is 440 g/mol. The molecule has 8 heteroatoms. The molecule has 3 aromatic rings. The Labute approximate surface area is 193 Å². The summed E-state index contributed by atoms with van der Waals surface area (Å²) in [4.78, 5) is 24.0. The summed E-state index contributed by atoms with van der Waals surface area (Å²) in [5.41, 5.74) is 2.97. The van der Waals surface area contributed by atoms with E-state index in [0.29, 0.717) is 17.7 Å². The van der Waals surface area contributed by atoms with Crippen molar-refractivity contribution >= 4 is 27.6 Å². The number of carboxylic acid groups (broad SMARTS) is 1. The van der Waals surface area contributed by atoms with Crippen LogP contribution in [0.25, 0.3) is 0 Å². The summed E-state index contributed by atoms with van der Waals surface area (Å²) in [5.74, 6) is -1.44. The Balaban J connectivity index is 1.77. The fraction of sp³-hybridized carbons (Fsp3) is 0.200. The van der Waals surface area contributed by atoms with Gasteiger partial charge in [0.05, 0.1) is 11.3 Å². The van der Waals surface area contributed by atoms with Crippen LogP contribution in [-0.4, -0.2) is 31.4 Å². The van der Waals surface area contributed by atoms with E-state index in [0.717, 1.165) is 11.1 Å². The maximum atomic E-state index is 13.0. The third-order valence-corrected chi connectivity index (χ3v) is 6.57. The molecule has 1 unspecified atom stereocenters. The lowest BCUT2D eigenvalue weighted by Gasteiger charge is -2.19. The van der Waals surface area contributed by atoms with Crippen molar-refractivity contribution in [3.05, 3.63) is 95.6 Å². The Morgan fingerprint density at radius 1 is 0.879 bits per heavy atom. The molecular formula is C25H26N2O5S. The minimum Gasteiger partial charge on any atom is -0.481 e. The van der Waals surface area contributed by atoms with E-state index in [2.05, 4.69) is 10.0 Å². The fourth-order valence-corrected chi connectivity index (χ4v) is 4.51. The van der Waals surface area contributed by atoms with E-state index in [-0.39, 0.29) is 17.7 Å². The first-order chi connectivity index (χ1) is 15.7. The summed E-state index contributed by atoms with van der Waals surface area (Å²) in [7, 11) is -3.91. The van der Waals surface area contributed by atoms with Crippen LogP contribution < -0.4 is 10.0 Å². The molecule has 0 aliphatic heterocycles. The highest BCUT2D eigenvalue weighted by atomic mass is 32.2. The highest BCUT2D eigenvalue weighted by Gasteiger charge is 2.26. The number of rotatable bonds is 10. The highest BCUT2D eigenvalue weighted by molar-refractivity contribution is 7.89. The van der Waals surface area contributed by atoms with Gasteiger partial charge in [-0.3, -0.25) is 9.59 Å². The van der Waals surface area contributed by atoms with Crippen LogP contribution in [0.5, 0.6) is 0 Å². The van der Waals surface area contributed by atoms with Gasteiger partial charge in [-0.2, -0.15) is 4.72 Å². The van der Waals surface area contributed by atoms with Gasteiger partial charge in [-0.05, 0) is 55.2 Å². The lowest BCUT2D eigenvalue weighted by Crippen LogP contribution is -2.44.